The largest absolute Gasteiger partial charge is 0.469 e. The van der Waals surface area contributed by atoms with Gasteiger partial charge in [0, 0.05) is 25.2 Å². The van der Waals surface area contributed by atoms with E-state index in [0.717, 1.165) is 30.8 Å². The first-order chi connectivity index (χ1) is 8.76. The molecule has 0 aliphatic rings. The molecule has 2 rings (SSSR count). The molecule has 0 bridgehead atoms. The minimum absolute atomic E-state index is 0.125. The summed E-state index contributed by atoms with van der Waals surface area (Å²) in [6.07, 6.45) is 7.65. The van der Waals surface area contributed by atoms with E-state index in [1.165, 1.54) is 5.56 Å². The van der Waals surface area contributed by atoms with Crippen LogP contribution in [0.4, 0.5) is 0 Å². The van der Waals surface area contributed by atoms with E-state index >= 15 is 0 Å². The zero-order chi connectivity index (χ0) is 13.0. The number of hydrogen-bond donors (Lipinski definition) is 1. The third-order valence-corrected chi connectivity index (χ3v) is 3.03. The lowest BCUT2D eigenvalue weighted by Gasteiger charge is -2.16. The average Bonchev–Trinajstić information content (AvgIpc) is 2.99. The molecule has 18 heavy (non-hydrogen) atoms. The van der Waals surface area contributed by atoms with Crippen molar-refractivity contribution in [3.05, 3.63) is 41.9 Å². The van der Waals surface area contributed by atoms with Crippen LogP contribution in [0.15, 0.2) is 29.3 Å². The smallest absolute Gasteiger partial charge is 0.108 e. The van der Waals surface area contributed by atoms with Crippen molar-refractivity contribution < 1.29 is 4.42 Å². The van der Waals surface area contributed by atoms with Crippen molar-refractivity contribution in [3.8, 4) is 0 Å². The highest BCUT2D eigenvalue weighted by atomic mass is 16.3. The molecule has 4 heteroatoms. The van der Waals surface area contributed by atoms with Crippen molar-refractivity contribution >= 4 is 0 Å². The summed E-state index contributed by atoms with van der Waals surface area (Å²) in [5.41, 5.74) is 2.24. The molecule has 0 aromatic carbocycles. The molecule has 0 spiro atoms. The van der Waals surface area contributed by atoms with E-state index in [2.05, 4.69) is 30.3 Å². The molecular formula is C14H21N3O. The van der Waals surface area contributed by atoms with Gasteiger partial charge in [-0.25, -0.2) is 4.98 Å². The number of rotatable bonds is 6. The highest BCUT2D eigenvalue weighted by Gasteiger charge is 2.20. The maximum absolute atomic E-state index is 5.53. The Morgan fingerprint density at radius 3 is 2.89 bits per heavy atom. The molecule has 0 aliphatic heterocycles. The van der Waals surface area contributed by atoms with Gasteiger partial charge in [0.25, 0.3) is 0 Å². The van der Waals surface area contributed by atoms with E-state index in [9.17, 15) is 0 Å². The van der Waals surface area contributed by atoms with Crippen molar-refractivity contribution in [2.75, 3.05) is 6.54 Å². The number of imidazole rings is 1. The first kappa shape index (κ1) is 12.9. The molecule has 2 heterocycles. The van der Waals surface area contributed by atoms with E-state index in [-0.39, 0.29) is 6.04 Å². The maximum atomic E-state index is 5.53. The molecule has 98 valence electrons. The number of aromatic nitrogens is 2. The van der Waals surface area contributed by atoms with Crippen LogP contribution in [-0.2, 0) is 13.5 Å². The first-order valence-corrected chi connectivity index (χ1v) is 6.53. The van der Waals surface area contributed by atoms with E-state index in [1.54, 1.807) is 6.26 Å². The SMILES string of the molecule is CCCNC(c1cn(C)cn1)c1ccoc1CC. The molecule has 1 unspecified atom stereocenters. The fourth-order valence-electron chi connectivity index (χ4n) is 2.14. The van der Waals surface area contributed by atoms with Crippen molar-refractivity contribution in [2.45, 2.75) is 32.7 Å². The predicted octanol–water partition coefficient (Wildman–Crippen LogP) is 2.66. The molecule has 4 nitrogen and oxygen atoms in total. The summed E-state index contributed by atoms with van der Waals surface area (Å²) in [5, 5.41) is 3.54. The fourth-order valence-corrected chi connectivity index (χ4v) is 2.14. The molecule has 0 fully saturated rings. The van der Waals surface area contributed by atoms with Crippen LogP contribution in [0, 0.1) is 0 Å². The summed E-state index contributed by atoms with van der Waals surface area (Å²) >= 11 is 0. The monoisotopic (exact) mass is 247 g/mol. The Hall–Kier alpha value is -1.55. The van der Waals surface area contributed by atoms with Crippen molar-refractivity contribution in [2.24, 2.45) is 7.05 Å². The zero-order valence-corrected chi connectivity index (χ0v) is 11.3. The molecule has 0 radical (unpaired) electrons. The van der Waals surface area contributed by atoms with E-state index in [4.69, 9.17) is 4.42 Å². The average molecular weight is 247 g/mol. The Balaban J connectivity index is 2.30. The minimum atomic E-state index is 0.125. The third-order valence-electron chi connectivity index (χ3n) is 3.03. The summed E-state index contributed by atoms with van der Waals surface area (Å²) in [6.45, 7) is 5.24. The summed E-state index contributed by atoms with van der Waals surface area (Å²) in [7, 11) is 1.99. The van der Waals surface area contributed by atoms with Gasteiger partial charge in [-0.05, 0) is 19.0 Å². The lowest BCUT2D eigenvalue weighted by molar-refractivity contribution is 0.498. The highest BCUT2D eigenvalue weighted by Crippen LogP contribution is 2.25. The molecular weight excluding hydrogens is 226 g/mol. The molecule has 0 aliphatic carbocycles. The topological polar surface area (TPSA) is 43.0 Å². The lowest BCUT2D eigenvalue weighted by atomic mass is 10.0. The van der Waals surface area contributed by atoms with Gasteiger partial charge in [-0.2, -0.15) is 0 Å². The van der Waals surface area contributed by atoms with Crippen LogP contribution >= 0.6 is 0 Å². The van der Waals surface area contributed by atoms with Crippen molar-refractivity contribution in [3.63, 3.8) is 0 Å². The number of aryl methyl sites for hydroxylation is 2. The van der Waals surface area contributed by atoms with Gasteiger partial charge in [0.1, 0.15) is 5.76 Å². The first-order valence-electron chi connectivity index (χ1n) is 6.53. The second-order valence-electron chi connectivity index (χ2n) is 4.50. The van der Waals surface area contributed by atoms with Crippen molar-refractivity contribution in [1.82, 2.24) is 14.9 Å². The Bertz CT molecular complexity index is 487. The Kier molecular flexibility index (Phi) is 4.20. The normalized spacial score (nSPS) is 12.8. The number of hydrogen-bond acceptors (Lipinski definition) is 3. The molecule has 1 N–H and O–H groups in total. The summed E-state index contributed by atoms with van der Waals surface area (Å²) in [6, 6.07) is 2.17. The number of nitrogens with one attached hydrogen (secondary N) is 1. The third kappa shape index (κ3) is 2.64. The standard InChI is InChI=1S/C14H21N3O/c1-4-7-15-14(12-9-17(3)10-16-12)11-6-8-18-13(11)5-2/h6,8-10,14-15H,4-5,7H2,1-3H3. The molecule has 0 saturated heterocycles. The van der Waals surface area contributed by atoms with Gasteiger partial charge in [0.2, 0.25) is 0 Å². The summed E-state index contributed by atoms with van der Waals surface area (Å²) in [4.78, 5) is 4.46. The van der Waals surface area contributed by atoms with Crippen LogP contribution in [-0.4, -0.2) is 16.1 Å². The second kappa shape index (κ2) is 5.87. The number of furan rings is 1. The van der Waals surface area contributed by atoms with Gasteiger partial charge in [-0.3, -0.25) is 0 Å². The van der Waals surface area contributed by atoms with E-state index < -0.39 is 0 Å². The summed E-state index contributed by atoms with van der Waals surface area (Å²) in [5.74, 6) is 1.04. The van der Waals surface area contributed by atoms with Crippen LogP contribution in [0.1, 0.15) is 43.3 Å². The Morgan fingerprint density at radius 2 is 2.28 bits per heavy atom. The van der Waals surface area contributed by atoms with Crippen molar-refractivity contribution in [1.29, 1.82) is 0 Å². The van der Waals surface area contributed by atoms with Crippen LogP contribution in [0.5, 0.6) is 0 Å². The summed E-state index contributed by atoms with van der Waals surface area (Å²) < 4.78 is 7.50. The Labute approximate surface area is 108 Å². The highest BCUT2D eigenvalue weighted by molar-refractivity contribution is 5.29. The molecule has 1 atom stereocenters. The van der Waals surface area contributed by atoms with E-state index in [1.807, 2.05) is 24.0 Å². The maximum Gasteiger partial charge on any atom is 0.108 e. The van der Waals surface area contributed by atoms with Crippen LogP contribution in [0.2, 0.25) is 0 Å². The van der Waals surface area contributed by atoms with Crippen LogP contribution < -0.4 is 5.32 Å². The fraction of sp³-hybridized carbons (Fsp3) is 0.500. The second-order valence-corrected chi connectivity index (χ2v) is 4.50. The quantitative estimate of drug-likeness (QED) is 0.853. The molecule has 2 aromatic heterocycles. The van der Waals surface area contributed by atoms with E-state index in [0.29, 0.717) is 0 Å². The van der Waals surface area contributed by atoms with Gasteiger partial charge in [0.05, 0.1) is 24.3 Å². The predicted molar refractivity (Wildman–Crippen MR) is 71.4 cm³/mol. The minimum Gasteiger partial charge on any atom is -0.469 e. The number of nitrogens with zero attached hydrogens (tertiary/aromatic N) is 2. The van der Waals surface area contributed by atoms with Crippen LogP contribution in [0.25, 0.3) is 0 Å². The molecule has 0 saturated carbocycles. The Morgan fingerprint density at radius 1 is 1.44 bits per heavy atom. The molecule has 2 aromatic rings. The van der Waals surface area contributed by atoms with Crippen LogP contribution in [0.3, 0.4) is 0 Å². The van der Waals surface area contributed by atoms with Gasteiger partial charge >= 0.3 is 0 Å². The van der Waals surface area contributed by atoms with Gasteiger partial charge in [-0.15, -0.1) is 0 Å². The van der Waals surface area contributed by atoms with Gasteiger partial charge in [-0.1, -0.05) is 13.8 Å². The van der Waals surface area contributed by atoms with Gasteiger partial charge in [0.15, 0.2) is 0 Å². The lowest BCUT2D eigenvalue weighted by Crippen LogP contribution is -2.24. The molecule has 0 amide bonds. The zero-order valence-electron chi connectivity index (χ0n) is 11.3. The van der Waals surface area contributed by atoms with Gasteiger partial charge < -0.3 is 14.3 Å².